The number of hydrogen-bond donors (Lipinski definition) is 1. The molecule has 1 aromatic carbocycles. The summed E-state index contributed by atoms with van der Waals surface area (Å²) in [6.07, 6.45) is 0. The molecule has 0 aliphatic carbocycles. The van der Waals surface area contributed by atoms with Crippen molar-refractivity contribution in [2.75, 3.05) is 11.9 Å². The third-order valence-corrected chi connectivity index (χ3v) is 4.61. The lowest BCUT2D eigenvalue weighted by Crippen LogP contribution is -2.10. The predicted molar refractivity (Wildman–Crippen MR) is 95.9 cm³/mol. The minimum Gasteiger partial charge on any atom is -0.369 e. The van der Waals surface area contributed by atoms with Crippen LogP contribution in [0.1, 0.15) is 18.7 Å². The Morgan fingerprint density at radius 3 is 2.59 bits per heavy atom. The monoisotopic (exact) mass is 331 g/mol. The zero-order valence-corrected chi connectivity index (χ0v) is 14.4. The first-order valence-electron chi connectivity index (χ1n) is 7.32. The van der Waals surface area contributed by atoms with Gasteiger partial charge in [-0.05, 0) is 30.0 Å². The molecule has 3 nitrogen and oxygen atoms in total. The molecule has 114 valence electrons. The molecule has 2 heterocycles. The van der Waals surface area contributed by atoms with Crippen LogP contribution in [0.5, 0.6) is 0 Å². The highest BCUT2D eigenvalue weighted by Gasteiger charge is 2.18. The molecule has 0 radical (unpaired) electrons. The smallest absolute Gasteiger partial charge is 0.225 e. The molecule has 3 aromatic rings. The predicted octanol–water partition coefficient (Wildman–Crippen LogP) is 5.39. The summed E-state index contributed by atoms with van der Waals surface area (Å²) < 4.78 is 0. The molecule has 22 heavy (non-hydrogen) atoms. The van der Waals surface area contributed by atoms with Crippen LogP contribution in [0.3, 0.4) is 0 Å². The topological polar surface area (TPSA) is 37.8 Å². The third kappa shape index (κ3) is 2.94. The van der Waals surface area contributed by atoms with Crippen LogP contribution in [0.4, 0.5) is 5.82 Å². The molecule has 0 unspecified atom stereocenters. The average Bonchev–Trinajstić information content (AvgIpc) is 2.81. The van der Waals surface area contributed by atoms with E-state index >= 15 is 0 Å². The van der Waals surface area contributed by atoms with E-state index in [2.05, 4.69) is 60.3 Å². The van der Waals surface area contributed by atoms with Crippen LogP contribution in [0.25, 0.3) is 21.3 Å². The minimum absolute atomic E-state index is 0.291. The minimum atomic E-state index is 0.291. The average molecular weight is 332 g/mol. The Bertz CT molecular complexity index is 797. The largest absolute Gasteiger partial charge is 0.369 e. The molecule has 0 bridgehead atoms. The van der Waals surface area contributed by atoms with Gasteiger partial charge in [-0.15, -0.1) is 11.3 Å². The van der Waals surface area contributed by atoms with Crippen LogP contribution in [0.2, 0.25) is 5.28 Å². The second-order valence-corrected chi connectivity index (χ2v) is 7.24. The van der Waals surface area contributed by atoms with E-state index in [-0.39, 0.29) is 0 Å². The highest BCUT2D eigenvalue weighted by molar-refractivity contribution is 7.19. The quantitative estimate of drug-likeness (QED) is 0.651. The second-order valence-electron chi connectivity index (χ2n) is 5.70. The summed E-state index contributed by atoms with van der Waals surface area (Å²) in [6, 6.07) is 10.4. The van der Waals surface area contributed by atoms with Crippen molar-refractivity contribution in [1.82, 2.24) is 9.97 Å². The van der Waals surface area contributed by atoms with Crippen molar-refractivity contribution in [1.29, 1.82) is 0 Å². The molecule has 0 amide bonds. The summed E-state index contributed by atoms with van der Waals surface area (Å²) in [5.74, 6) is 1.36. The number of nitrogens with zero attached hydrogens (tertiary/aromatic N) is 2. The van der Waals surface area contributed by atoms with Gasteiger partial charge < -0.3 is 5.32 Å². The zero-order chi connectivity index (χ0) is 15.7. The number of thiophene rings is 1. The molecular formula is C17H18ClN3S. The van der Waals surface area contributed by atoms with Gasteiger partial charge in [0.2, 0.25) is 5.28 Å². The van der Waals surface area contributed by atoms with Crippen LogP contribution in [-0.4, -0.2) is 16.5 Å². The number of fused-ring (bicyclic) bond motifs is 1. The van der Waals surface area contributed by atoms with Crippen molar-refractivity contribution in [3.63, 3.8) is 0 Å². The Morgan fingerprint density at radius 1 is 1.18 bits per heavy atom. The summed E-state index contributed by atoms with van der Waals surface area (Å²) in [7, 11) is 0. The van der Waals surface area contributed by atoms with Gasteiger partial charge in [0, 0.05) is 17.0 Å². The van der Waals surface area contributed by atoms with E-state index < -0.39 is 0 Å². The Hall–Kier alpha value is -1.65. The van der Waals surface area contributed by atoms with Gasteiger partial charge in [0.1, 0.15) is 10.6 Å². The zero-order valence-electron chi connectivity index (χ0n) is 12.9. The standard InChI is InChI=1S/C17H18ClN3S/c1-10(2)9-19-15-14-13(12-7-5-4-6-8-12)11(3)22-16(14)21-17(18)20-15/h4-8,10H,9H2,1-3H3,(H,19,20,21). The molecule has 1 N–H and O–H groups in total. The summed E-state index contributed by atoms with van der Waals surface area (Å²) in [6.45, 7) is 7.31. The van der Waals surface area contributed by atoms with Crippen LogP contribution in [0, 0.1) is 12.8 Å². The molecular weight excluding hydrogens is 314 g/mol. The first kappa shape index (κ1) is 15.3. The van der Waals surface area contributed by atoms with Crippen LogP contribution < -0.4 is 5.32 Å². The second kappa shape index (κ2) is 6.23. The maximum absolute atomic E-state index is 6.09. The number of anilines is 1. The van der Waals surface area contributed by atoms with Gasteiger partial charge in [-0.1, -0.05) is 44.2 Å². The Balaban J connectivity index is 2.22. The van der Waals surface area contributed by atoms with Gasteiger partial charge in [0.15, 0.2) is 0 Å². The fourth-order valence-electron chi connectivity index (χ4n) is 2.47. The van der Waals surface area contributed by atoms with Crippen LogP contribution >= 0.6 is 22.9 Å². The molecule has 0 saturated heterocycles. The molecule has 0 spiro atoms. The number of halogens is 1. The number of aromatic nitrogens is 2. The Morgan fingerprint density at radius 2 is 1.91 bits per heavy atom. The van der Waals surface area contributed by atoms with E-state index in [0.29, 0.717) is 11.2 Å². The first-order chi connectivity index (χ1) is 10.6. The Labute approximate surface area is 139 Å². The van der Waals surface area contributed by atoms with Crippen molar-refractivity contribution in [2.45, 2.75) is 20.8 Å². The molecule has 5 heteroatoms. The summed E-state index contributed by atoms with van der Waals surface area (Å²) in [5, 5.41) is 4.78. The maximum atomic E-state index is 6.09. The molecule has 0 aliphatic heterocycles. The van der Waals surface area contributed by atoms with Gasteiger partial charge in [-0.2, -0.15) is 0 Å². The lowest BCUT2D eigenvalue weighted by atomic mass is 10.0. The molecule has 0 atom stereocenters. The highest BCUT2D eigenvalue weighted by Crippen LogP contribution is 2.41. The fraction of sp³-hybridized carbons (Fsp3) is 0.294. The van der Waals surface area contributed by atoms with E-state index in [4.69, 9.17) is 11.6 Å². The van der Waals surface area contributed by atoms with E-state index in [9.17, 15) is 0 Å². The van der Waals surface area contributed by atoms with Gasteiger partial charge in [0.05, 0.1) is 5.39 Å². The van der Waals surface area contributed by atoms with Crippen LogP contribution in [0.15, 0.2) is 30.3 Å². The van der Waals surface area contributed by atoms with E-state index in [0.717, 1.165) is 22.6 Å². The summed E-state index contributed by atoms with van der Waals surface area (Å²) in [5.41, 5.74) is 2.38. The molecule has 0 fully saturated rings. The molecule has 0 aliphatic rings. The van der Waals surface area contributed by atoms with Crippen molar-refractivity contribution < 1.29 is 0 Å². The molecule has 2 aromatic heterocycles. The van der Waals surface area contributed by atoms with E-state index in [1.807, 2.05) is 6.07 Å². The fourth-order valence-corrected chi connectivity index (χ4v) is 3.73. The lowest BCUT2D eigenvalue weighted by molar-refractivity contribution is 0.687. The number of nitrogens with one attached hydrogen (secondary N) is 1. The number of benzene rings is 1. The van der Waals surface area contributed by atoms with Crippen molar-refractivity contribution in [3.8, 4) is 11.1 Å². The van der Waals surface area contributed by atoms with Gasteiger partial charge >= 0.3 is 0 Å². The van der Waals surface area contributed by atoms with Crippen LogP contribution in [-0.2, 0) is 0 Å². The van der Waals surface area contributed by atoms with E-state index in [1.54, 1.807) is 11.3 Å². The van der Waals surface area contributed by atoms with Crippen molar-refractivity contribution in [3.05, 3.63) is 40.5 Å². The first-order valence-corrected chi connectivity index (χ1v) is 8.51. The third-order valence-electron chi connectivity index (χ3n) is 3.44. The SMILES string of the molecule is Cc1sc2nc(Cl)nc(NCC(C)C)c2c1-c1ccccc1. The van der Waals surface area contributed by atoms with Crippen molar-refractivity contribution >= 4 is 39.0 Å². The number of rotatable bonds is 4. The van der Waals surface area contributed by atoms with Gasteiger partial charge in [0.25, 0.3) is 0 Å². The highest BCUT2D eigenvalue weighted by atomic mass is 35.5. The number of hydrogen-bond acceptors (Lipinski definition) is 4. The summed E-state index contributed by atoms with van der Waals surface area (Å²) >= 11 is 7.75. The summed E-state index contributed by atoms with van der Waals surface area (Å²) in [4.78, 5) is 11.0. The Kier molecular flexibility index (Phi) is 4.32. The maximum Gasteiger partial charge on any atom is 0.225 e. The van der Waals surface area contributed by atoms with Crippen molar-refractivity contribution in [2.24, 2.45) is 5.92 Å². The number of aryl methyl sites for hydroxylation is 1. The molecule has 0 saturated carbocycles. The van der Waals surface area contributed by atoms with E-state index in [1.165, 1.54) is 16.0 Å². The van der Waals surface area contributed by atoms with Gasteiger partial charge in [-0.25, -0.2) is 9.97 Å². The lowest BCUT2D eigenvalue weighted by Gasteiger charge is -2.11. The molecule has 3 rings (SSSR count). The van der Waals surface area contributed by atoms with Gasteiger partial charge in [-0.3, -0.25) is 0 Å². The normalized spacial score (nSPS) is 11.3.